The maximum atomic E-state index is 12.3. The van der Waals surface area contributed by atoms with Gasteiger partial charge in [-0.25, -0.2) is 0 Å². The van der Waals surface area contributed by atoms with Crippen LogP contribution < -0.4 is 9.47 Å². The zero-order chi connectivity index (χ0) is 16.1. The van der Waals surface area contributed by atoms with E-state index in [1.54, 1.807) is 49.4 Å². The number of hydrogen-bond acceptors (Lipinski definition) is 4. The predicted molar refractivity (Wildman–Crippen MR) is 83.6 cm³/mol. The van der Waals surface area contributed by atoms with Gasteiger partial charge in [-0.15, -0.1) is 0 Å². The third kappa shape index (κ3) is 3.57. The van der Waals surface area contributed by atoms with Crippen LogP contribution in [-0.4, -0.2) is 19.0 Å². The second-order valence-electron chi connectivity index (χ2n) is 4.61. The Morgan fingerprint density at radius 1 is 1.18 bits per heavy atom. The molecule has 0 amide bonds. The molecule has 0 unspecified atom stereocenters. The van der Waals surface area contributed by atoms with E-state index in [0.29, 0.717) is 27.6 Å². The summed E-state index contributed by atoms with van der Waals surface area (Å²) in [4.78, 5) is 12.3. The van der Waals surface area contributed by atoms with Crippen molar-refractivity contribution in [2.45, 2.75) is 13.0 Å². The molecule has 4 nitrogen and oxygen atoms in total. The molecule has 0 aliphatic carbocycles. The van der Waals surface area contributed by atoms with E-state index in [9.17, 15) is 4.79 Å². The molecule has 0 saturated carbocycles. The number of carbonyl (C=O) groups is 1. The molecule has 0 aliphatic rings. The second kappa shape index (κ2) is 6.97. The summed E-state index contributed by atoms with van der Waals surface area (Å²) < 4.78 is 10.9. The number of ketones is 1. The molecule has 1 atom stereocenters. The Kier molecular flexibility index (Phi) is 5.03. The van der Waals surface area contributed by atoms with Crippen LogP contribution >= 0.6 is 11.6 Å². The normalized spacial score (nSPS) is 11.4. The van der Waals surface area contributed by atoms with Crippen molar-refractivity contribution in [3.8, 4) is 17.6 Å². The summed E-state index contributed by atoms with van der Waals surface area (Å²) in [6.45, 7) is 1.66. The summed E-state index contributed by atoms with van der Waals surface area (Å²) in [5, 5.41) is 9.45. The molecule has 0 bridgehead atoms. The summed E-state index contributed by atoms with van der Waals surface area (Å²) in [6, 6.07) is 13.4. The molecule has 0 aromatic heterocycles. The lowest BCUT2D eigenvalue weighted by Gasteiger charge is -2.16. The van der Waals surface area contributed by atoms with Crippen LogP contribution in [0, 0.1) is 11.3 Å². The van der Waals surface area contributed by atoms with Crippen molar-refractivity contribution in [1.82, 2.24) is 0 Å². The Bertz CT molecular complexity index is 720. The molecule has 0 spiro atoms. The van der Waals surface area contributed by atoms with Crippen LogP contribution in [-0.2, 0) is 0 Å². The van der Waals surface area contributed by atoms with Gasteiger partial charge in [-0.1, -0.05) is 11.6 Å². The molecule has 0 fully saturated rings. The lowest BCUT2D eigenvalue weighted by molar-refractivity contribution is 0.0814. The molecule has 2 rings (SSSR count). The third-order valence-electron chi connectivity index (χ3n) is 3.09. The van der Waals surface area contributed by atoms with Gasteiger partial charge >= 0.3 is 0 Å². The van der Waals surface area contributed by atoms with Crippen molar-refractivity contribution in [3.63, 3.8) is 0 Å². The largest absolute Gasteiger partial charge is 0.493 e. The number of methoxy groups -OCH3 is 1. The van der Waals surface area contributed by atoms with Crippen LogP contribution in [0.4, 0.5) is 0 Å². The van der Waals surface area contributed by atoms with E-state index in [0.717, 1.165) is 0 Å². The zero-order valence-electron chi connectivity index (χ0n) is 12.2. The maximum absolute atomic E-state index is 12.3. The number of rotatable bonds is 5. The minimum absolute atomic E-state index is 0.164. The predicted octanol–water partition coefficient (Wildman–Crippen LogP) is 3.87. The highest BCUT2D eigenvalue weighted by Gasteiger charge is 2.18. The number of halogens is 1. The van der Waals surface area contributed by atoms with Gasteiger partial charge < -0.3 is 9.47 Å². The van der Waals surface area contributed by atoms with Gasteiger partial charge in [0.1, 0.15) is 0 Å². The first-order valence-corrected chi connectivity index (χ1v) is 6.97. The first-order valence-electron chi connectivity index (χ1n) is 6.59. The number of nitriles is 1. The molecule has 0 aliphatic heterocycles. The summed E-state index contributed by atoms with van der Waals surface area (Å²) >= 11 is 5.81. The summed E-state index contributed by atoms with van der Waals surface area (Å²) in [6.07, 6.45) is -0.692. The molecule has 0 saturated heterocycles. The minimum Gasteiger partial charge on any atom is -0.493 e. The second-order valence-corrected chi connectivity index (χ2v) is 5.05. The molecule has 5 heteroatoms. The van der Waals surface area contributed by atoms with Crippen LogP contribution in [0.5, 0.6) is 11.5 Å². The van der Waals surface area contributed by atoms with E-state index in [-0.39, 0.29) is 5.78 Å². The number of hydrogen-bond donors (Lipinski definition) is 0. The van der Waals surface area contributed by atoms with Gasteiger partial charge in [0.15, 0.2) is 17.6 Å². The van der Waals surface area contributed by atoms with E-state index in [1.807, 2.05) is 6.07 Å². The maximum Gasteiger partial charge on any atom is 0.202 e. The fraction of sp³-hybridized carbons (Fsp3) is 0.176. The van der Waals surface area contributed by atoms with Crippen LogP contribution in [0.15, 0.2) is 42.5 Å². The Hall–Kier alpha value is -2.51. The van der Waals surface area contributed by atoms with Gasteiger partial charge in [0.05, 0.1) is 18.7 Å². The third-order valence-corrected chi connectivity index (χ3v) is 3.35. The van der Waals surface area contributed by atoms with Gasteiger partial charge in [0, 0.05) is 16.7 Å². The van der Waals surface area contributed by atoms with E-state index in [2.05, 4.69) is 0 Å². The average Bonchev–Trinajstić information content (AvgIpc) is 2.55. The number of carbonyl (C=O) groups excluding carboxylic acids is 1. The van der Waals surface area contributed by atoms with Crippen molar-refractivity contribution < 1.29 is 14.3 Å². The first kappa shape index (κ1) is 15.9. The molecule has 0 heterocycles. The molecular formula is C17H14ClNO3. The number of benzene rings is 2. The molecular weight excluding hydrogens is 302 g/mol. The van der Waals surface area contributed by atoms with Gasteiger partial charge in [-0.05, 0) is 43.3 Å². The highest BCUT2D eigenvalue weighted by atomic mass is 35.5. The topological polar surface area (TPSA) is 59.3 Å². The highest BCUT2D eigenvalue weighted by Crippen LogP contribution is 2.29. The summed E-state index contributed by atoms with van der Waals surface area (Å²) in [7, 11) is 1.48. The van der Waals surface area contributed by atoms with Gasteiger partial charge in [-0.2, -0.15) is 5.26 Å². The van der Waals surface area contributed by atoms with E-state index >= 15 is 0 Å². The standard InChI is InChI=1S/C17H14ClNO3/c1-11(17(20)13-4-6-14(18)7-5-13)22-15-8-3-12(10-19)9-16(15)21-2/h3-9,11H,1-2H3/t11-/m1/s1. The molecule has 0 N–H and O–H groups in total. The Morgan fingerprint density at radius 3 is 2.45 bits per heavy atom. The zero-order valence-corrected chi connectivity index (χ0v) is 12.9. The van der Waals surface area contributed by atoms with Crippen LogP contribution in [0.3, 0.4) is 0 Å². The van der Waals surface area contributed by atoms with E-state index < -0.39 is 6.10 Å². The summed E-state index contributed by atoms with van der Waals surface area (Å²) in [5.41, 5.74) is 0.977. The van der Waals surface area contributed by atoms with Crippen molar-refractivity contribution >= 4 is 17.4 Å². The highest BCUT2D eigenvalue weighted by molar-refractivity contribution is 6.30. The first-order chi connectivity index (χ1) is 10.5. The van der Waals surface area contributed by atoms with Crippen molar-refractivity contribution in [2.75, 3.05) is 7.11 Å². The molecule has 2 aromatic carbocycles. The fourth-order valence-corrected chi connectivity index (χ4v) is 2.05. The molecule has 112 valence electrons. The molecule has 2 aromatic rings. The monoisotopic (exact) mass is 315 g/mol. The number of Topliss-reactive ketones (excluding diaryl/α,β-unsaturated/α-hetero) is 1. The molecule has 0 radical (unpaired) electrons. The fourth-order valence-electron chi connectivity index (χ4n) is 1.93. The minimum atomic E-state index is -0.692. The summed E-state index contributed by atoms with van der Waals surface area (Å²) in [5.74, 6) is 0.661. The van der Waals surface area contributed by atoms with Crippen LogP contribution in [0.1, 0.15) is 22.8 Å². The van der Waals surface area contributed by atoms with Crippen LogP contribution in [0.25, 0.3) is 0 Å². The Labute approximate surface area is 133 Å². The molecule has 22 heavy (non-hydrogen) atoms. The Morgan fingerprint density at radius 2 is 1.86 bits per heavy atom. The Balaban J connectivity index is 2.18. The average molecular weight is 316 g/mol. The lowest BCUT2D eigenvalue weighted by Crippen LogP contribution is -2.24. The van der Waals surface area contributed by atoms with Crippen LogP contribution in [0.2, 0.25) is 5.02 Å². The van der Waals surface area contributed by atoms with Gasteiger partial charge in [-0.3, -0.25) is 4.79 Å². The van der Waals surface area contributed by atoms with Crippen molar-refractivity contribution in [2.24, 2.45) is 0 Å². The number of nitrogens with zero attached hydrogens (tertiary/aromatic N) is 1. The number of ether oxygens (including phenoxy) is 2. The van der Waals surface area contributed by atoms with Crippen molar-refractivity contribution in [3.05, 3.63) is 58.6 Å². The van der Waals surface area contributed by atoms with Gasteiger partial charge in [0.25, 0.3) is 0 Å². The van der Waals surface area contributed by atoms with E-state index in [4.69, 9.17) is 26.3 Å². The quantitative estimate of drug-likeness (QED) is 0.786. The van der Waals surface area contributed by atoms with Gasteiger partial charge in [0.2, 0.25) is 5.78 Å². The van der Waals surface area contributed by atoms with Crippen molar-refractivity contribution in [1.29, 1.82) is 5.26 Å². The SMILES string of the molecule is COc1cc(C#N)ccc1O[C@H](C)C(=O)c1ccc(Cl)cc1. The lowest BCUT2D eigenvalue weighted by atomic mass is 10.1. The van der Waals surface area contributed by atoms with E-state index in [1.165, 1.54) is 7.11 Å². The smallest absolute Gasteiger partial charge is 0.202 e.